The first kappa shape index (κ1) is 10.3. The van der Waals surface area contributed by atoms with Crippen LogP contribution >= 0.6 is 0 Å². The minimum absolute atomic E-state index is 0.309. The Kier molecular flexibility index (Phi) is 2.59. The third-order valence-electron chi connectivity index (χ3n) is 2.11. The molecule has 0 aromatic heterocycles. The lowest BCUT2D eigenvalue weighted by molar-refractivity contribution is -0.149. The van der Waals surface area contributed by atoms with Crippen molar-refractivity contribution in [2.75, 3.05) is 7.05 Å². The van der Waals surface area contributed by atoms with Crippen LogP contribution in [0.5, 0.6) is 0 Å². The smallest absolute Gasteiger partial charge is 0.333 e. The number of carboxylic acid groups (broad SMARTS) is 1. The Labute approximate surface area is 79.8 Å². The Bertz CT molecular complexity index is 285. The SMILES string of the molecule is CNC(=O)NNC(=O)C1(C(=O)O)CC1. The van der Waals surface area contributed by atoms with Crippen LogP contribution in [0, 0.1) is 5.41 Å². The number of urea groups is 1. The number of aliphatic carboxylic acids is 1. The summed E-state index contributed by atoms with van der Waals surface area (Å²) in [7, 11) is 1.38. The molecule has 7 nitrogen and oxygen atoms in total. The molecule has 7 heteroatoms. The summed E-state index contributed by atoms with van der Waals surface area (Å²) in [6.07, 6.45) is 0.618. The molecule has 0 aliphatic heterocycles. The lowest BCUT2D eigenvalue weighted by atomic mass is 10.1. The number of amides is 3. The van der Waals surface area contributed by atoms with Crippen molar-refractivity contribution in [2.45, 2.75) is 12.8 Å². The number of rotatable bonds is 2. The Morgan fingerprint density at radius 1 is 1.21 bits per heavy atom. The number of carbonyl (C=O) groups excluding carboxylic acids is 2. The van der Waals surface area contributed by atoms with E-state index in [2.05, 4.69) is 5.32 Å². The van der Waals surface area contributed by atoms with E-state index in [0.717, 1.165) is 0 Å². The predicted molar refractivity (Wildman–Crippen MR) is 45.0 cm³/mol. The summed E-state index contributed by atoms with van der Waals surface area (Å²) in [5, 5.41) is 10.9. The van der Waals surface area contributed by atoms with Crippen molar-refractivity contribution in [1.29, 1.82) is 0 Å². The first-order valence-electron chi connectivity index (χ1n) is 4.04. The molecule has 3 amide bonds. The first-order chi connectivity index (χ1) is 6.53. The van der Waals surface area contributed by atoms with Crippen molar-refractivity contribution in [3.05, 3.63) is 0 Å². The molecular formula is C7H11N3O4. The minimum Gasteiger partial charge on any atom is -0.480 e. The highest BCUT2D eigenvalue weighted by molar-refractivity contribution is 6.05. The van der Waals surface area contributed by atoms with Crippen molar-refractivity contribution < 1.29 is 19.5 Å². The monoisotopic (exact) mass is 201 g/mol. The predicted octanol–water partition coefficient (Wildman–Crippen LogP) is -1.19. The zero-order valence-corrected chi connectivity index (χ0v) is 7.59. The largest absolute Gasteiger partial charge is 0.480 e. The minimum atomic E-state index is -1.33. The van der Waals surface area contributed by atoms with Gasteiger partial charge in [0.1, 0.15) is 5.41 Å². The fourth-order valence-corrected chi connectivity index (χ4v) is 0.959. The topological polar surface area (TPSA) is 108 Å². The second-order valence-electron chi connectivity index (χ2n) is 3.05. The van der Waals surface area contributed by atoms with Crippen LogP contribution in [0.3, 0.4) is 0 Å². The van der Waals surface area contributed by atoms with Crippen molar-refractivity contribution in [2.24, 2.45) is 5.41 Å². The maximum atomic E-state index is 11.3. The summed E-state index contributed by atoms with van der Waals surface area (Å²) in [5.41, 5.74) is 2.72. The molecule has 0 saturated heterocycles. The molecule has 1 rings (SSSR count). The fraction of sp³-hybridized carbons (Fsp3) is 0.571. The van der Waals surface area contributed by atoms with E-state index >= 15 is 0 Å². The molecule has 0 bridgehead atoms. The van der Waals surface area contributed by atoms with Gasteiger partial charge in [-0.25, -0.2) is 10.2 Å². The summed E-state index contributed by atoms with van der Waals surface area (Å²) < 4.78 is 0. The number of carboxylic acids is 1. The molecule has 0 heterocycles. The number of nitrogens with one attached hydrogen (secondary N) is 3. The summed E-state index contributed by atoms with van der Waals surface area (Å²) in [4.78, 5) is 32.6. The Morgan fingerprint density at radius 3 is 2.14 bits per heavy atom. The third kappa shape index (κ3) is 1.76. The van der Waals surface area contributed by atoms with Gasteiger partial charge in [0.05, 0.1) is 0 Å². The fourth-order valence-electron chi connectivity index (χ4n) is 0.959. The molecule has 0 atom stereocenters. The van der Waals surface area contributed by atoms with Gasteiger partial charge in [-0.05, 0) is 12.8 Å². The van der Waals surface area contributed by atoms with Crippen LogP contribution in [-0.4, -0.2) is 30.1 Å². The van der Waals surface area contributed by atoms with Gasteiger partial charge in [-0.2, -0.15) is 0 Å². The van der Waals surface area contributed by atoms with Crippen LogP contribution < -0.4 is 16.2 Å². The molecule has 78 valence electrons. The Morgan fingerprint density at radius 2 is 1.79 bits per heavy atom. The van der Waals surface area contributed by atoms with Crippen LogP contribution in [0.15, 0.2) is 0 Å². The molecule has 1 aliphatic carbocycles. The second-order valence-corrected chi connectivity index (χ2v) is 3.05. The number of hydrazine groups is 1. The van der Waals surface area contributed by atoms with E-state index in [0.29, 0.717) is 12.8 Å². The van der Waals surface area contributed by atoms with Gasteiger partial charge in [0.25, 0.3) is 5.91 Å². The van der Waals surface area contributed by atoms with Crippen LogP contribution in [0.25, 0.3) is 0 Å². The van der Waals surface area contributed by atoms with Crippen molar-refractivity contribution in [1.82, 2.24) is 16.2 Å². The average molecular weight is 201 g/mol. The standard InChI is InChI=1S/C7H11N3O4/c1-8-6(14)10-9-4(11)7(2-3-7)5(12)13/h2-3H2,1H3,(H,9,11)(H,12,13)(H2,8,10,14). The summed E-state index contributed by atoms with van der Waals surface area (Å²) >= 11 is 0. The van der Waals surface area contributed by atoms with E-state index in [4.69, 9.17) is 5.11 Å². The second kappa shape index (κ2) is 3.52. The molecule has 0 unspecified atom stereocenters. The van der Waals surface area contributed by atoms with Crippen LogP contribution in [0.4, 0.5) is 4.79 Å². The first-order valence-corrected chi connectivity index (χ1v) is 4.04. The van der Waals surface area contributed by atoms with Crippen molar-refractivity contribution in [3.8, 4) is 0 Å². The van der Waals surface area contributed by atoms with Crippen LogP contribution in [-0.2, 0) is 9.59 Å². The number of hydrogen-bond donors (Lipinski definition) is 4. The molecule has 0 aromatic carbocycles. The average Bonchev–Trinajstić information content (AvgIpc) is 2.94. The van der Waals surface area contributed by atoms with E-state index in [1.54, 1.807) is 0 Å². The highest BCUT2D eigenvalue weighted by Gasteiger charge is 2.57. The van der Waals surface area contributed by atoms with Gasteiger partial charge in [0, 0.05) is 7.05 Å². The lowest BCUT2D eigenvalue weighted by Gasteiger charge is -2.10. The van der Waals surface area contributed by atoms with E-state index in [1.807, 2.05) is 10.9 Å². The summed E-state index contributed by atoms with van der Waals surface area (Å²) in [5.74, 6) is -1.85. The third-order valence-corrected chi connectivity index (χ3v) is 2.11. The molecule has 0 radical (unpaired) electrons. The summed E-state index contributed by atoms with van der Waals surface area (Å²) in [6, 6.07) is -0.598. The van der Waals surface area contributed by atoms with Crippen LogP contribution in [0.2, 0.25) is 0 Å². The van der Waals surface area contributed by atoms with Gasteiger partial charge in [-0.15, -0.1) is 0 Å². The van der Waals surface area contributed by atoms with Crippen LogP contribution in [0.1, 0.15) is 12.8 Å². The van der Waals surface area contributed by atoms with Gasteiger partial charge in [0.15, 0.2) is 0 Å². The quantitative estimate of drug-likeness (QED) is 0.333. The van der Waals surface area contributed by atoms with Gasteiger partial charge < -0.3 is 10.4 Å². The molecule has 0 aromatic rings. The zero-order chi connectivity index (χ0) is 10.8. The highest BCUT2D eigenvalue weighted by Crippen LogP contribution is 2.45. The van der Waals surface area contributed by atoms with E-state index in [9.17, 15) is 14.4 Å². The maximum Gasteiger partial charge on any atom is 0.333 e. The zero-order valence-electron chi connectivity index (χ0n) is 7.59. The molecule has 14 heavy (non-hydrogen) atoms. The highest BCUT2D eigenvalue weighted by atomic mass is 16.4. The normalized spacial score (nSPS) is 16.6. The molecular weight excluding hydrogens is 190 g/mol. The van der Waals surface area contributed by atoms with Crippen molar-refractivity contribution in [3.63, 3.8) is 0 Å². The number of carbonyl (C=O) groups is 3. The van der Waals surface area contributed by atoms with E-state index in [-0.39, 0.29) is 0 Å². The lowest BCUT2D eigenvalue weighted by Crippen LogP contribution is -2.50. The van der Waals surface area contributed by atoms with Crippen molar-refractivity contribution >= 4 is 17.9 Å². The van der Waals surface area contributed by atoms with Gasteiger partial charge in [-0.3, -0.25) is 15.0 Å². The molecule has 4 N–H and O–H groups in total. The Balaban J connectivity index is 2.43. The summed E-state index contributed by atoms with van der Waals surface area (Å²) in [6.45, 7) is 0. The van der Waals surface area contributed by atoms with E-state index in [1.165, 1.54) is 7.05 Å². The molecule has 0 spiro atoms. The molecule has 1 aliphatic rings. The molecule has 1 fully saturated rings. The van der Waals surface area contributed by atoms with Gasteiger partial charge in [0.2, 0.25) is 0 Å². The number of hydrogen-bond acceptors (Lipinski definition) is 3. The van der Waals surface area contributed by atoms with Gasteiger partial charge in [-0.1, -0.05) is 0 Å². The molecule has 1 saturated carbocycles. The van der Waals surface area contributed by atoms with E-state index < -0.39 is 23.3 Å². The Hall–Kier alpha value is -1.79. The maximum absolute atomic E-state index is 11.3. The van der Waals surface area contributed by atoms with Gasteiger partial charge >= 0.3 is 12.0 Å².